The molecule has 3 N–H and O–H groups in total. The van der Waals surface area contributed by atoms with Gasteiger partial charge in [0.1, 0.15) is 24.2 Å². The van der Waals surface area contributed by atoms with Gasteiger partial charge in [0.25, 0.3) is 5.91 Å². The summed E-state index contributed by atoms with van der Waals surface area (Å²) in [5.74, 6) is -3.52. The van der Waals surface area contributed by atoms with Gasteiger partial charge < -0.3 is 30.5 Å². The first kappa shape index (κ1) is 34.0. The van der Waals surface area contributed by atoms with Crippen LogP contribution in [0, 0.1) is 17.8 Å². The third-order valence-corrected chi connectivity index (χ3v) is 8.03. The number of carbonyl (C=O) groups is 6. The Bertz CT molecular complexity index is 985. The standard InChI is InChI=1S/C29H49N5O7/c1-9-18(6)24-27(38)31-23(17(4)5)29(40)33(8)19(7)25(36)30-13-12-22(35)41-21(15-16(2)3)28(39)34-14-10-11-20(34)26(37)32-24/h16-21,23-24H,9-15H2,1-8H3,(H,30,36)(H,31,38)(H,32,37)/t18?,19?,20-,21+,23?,24?/m0/s1. The Kier molecular flexibility index (Phi) is 12.6. The lowest BCUT2D eigenvalue weighted by molar-refractivity contribution is -0.162. The van der Waals surface area contributed by atoms with E-state index in [-0.39, 0.29) is 37.1 Å². The summed E-state index contributed by atoms with van der Waals surface area (Å²) in [6.45, 7) is 13.0. The summed E-state index contributed by atoms with van der Waals surface area (Å²) in [4.78, 5) is 82.3. The van der Waals surface area contributed by atoms with Gasteiger partial charge in [0, 0.05) is 20.1 Å². The highest BCUT2D eigenvalue weighted by atomic mass is 16.5. The van der Waals surface area contributed by atoms with E-state index in [1.54, 1.807) is 20.8 Å². The van der Waals surface area contributed by atoms with Crippen molar-refractivity contribution in [2.45, 2.75) is 111 Å². The molecule has 41 heavy (non-hydrogen) atoms. The second-order valence-corrected chi connectivity index (χ2v) is 12.1. The normalized spacial score (nSPS) is 28.8. The number of nitrogens with zero attached hydrogens (tertiary/aromatic N) is 2. The number of hydrogen-bond donors (Lipinski definition) is 3. The molecule has 0 aliphatic carbocycles. The van der Waals surface area contributed by atoms with Crippen LogP contribution in [0.2, 0.25) is 0 Å². The molecule has 12 heteroatoms. The molecule has 2 aliphatic heterocycles. The molecule has 0 bridgehead atoms. The minimum Gasteiger partial charge on any atom is -0.452 e. The van der Waals surface area contributed by atoms with Crippen molar-refractivity contribution in [2.75, 3.05) is 20.1 Å². The summed E-state index contributed by atoms with van der Waals surface area (Å²) < 4.78 is 5.58. The fourth-order valence-electron chi connectivity index (χ4n) is 5.06. The average Bonchev–Trinajstić information content (AvgIpc) is 3.41. The van der Waals surface area contributed by atoms with Crippen LogP contribution < -0.4 is 16.0 Å². The summed E-state index contributed by atoms with van der Waals surface area (Å²) in [6.07, 6.45) is 0.624. The Labute approximate surface area is 243 Å². The van der Waals surface area contributed by atoms with Crippen molar-refractivity contribution in [1.82, 2.24) is 25.8 Å². The fourth-order valence-corrected chi connectivity index (χ4v) is 5.06. The lowest BCUT2D eigenvalue weighted by Gasteiger charge is -2.33. The number of nitrogens with one attached hydrogen (secondary N) is 3. The van der Waals surface area contributed by atoms with Crippen LogP contribution in [0.4, 0.5) is 0 Å². The summed E-state index contributed by atoms with van der Waals surface area (Å²) in [7, 11) is 1.48. The molecule has 0 aromatic heterocycles. The van der Waals surface area contributed by atoms with E-state index in [4.69, 9.17) is 4.74 Å². The van der Waals surface area contributed by atoms with Crippen LogP contribution in [0.25, 0.3) is 0 Å². The predicted octanol–water partition coefficient (Wildman–Crippen LogP) is 0.974. The number of carbonyl (C=O) groups excluding carboxylic acids is 6. The van der Waals surface area contributed by atoms with Gasteiger partial charge in [0.15, 0.2) is 6.10 Å². The fraction of sp³-hybridized carbons (Fsp3) is 0.793. The van der Waals surface area contributed by atoms with Crippen molar-refractivity contribution in [3.63, 3.8) is 0 Å². The molecule has 0 aromatic carbocycles. The summed E-state index contributed by atoms with van der Waals surface area (Å²) in [6, 6.07) is -3.58. The molecule has 5 amide bonds. The van der Waals surface area contributed by atoms with Gasteiger partial charge in [-0.3, -0.25) is 28.8 Å². The molecule has 2 rings (SSSR count). The van der Waals surface area contributed by atoms with Crippen LogP contribution in [0.5, 0.6) is 0 Å². The van der Waals surface area contributed by atoms with Crippen LogP contribution in [0.3, 0.4) is 0 Å². The number of fused-ring (bicyclic) bond motifs is 1. The van der Waals surface area contributed by atoms with E-state index >= 15 is 0 Å². The highest BCUT2D eigenvalue weighted by molar-refractivity contribution is 5.96. The van der Waals surface area contributed by atoms with E-state index < -0.39 is 65.8 Å². The van der Waals surface area contributed by atoms with Crippen molar-refractivity contribution in [3.8, 4) is 0 Å². The lowest BCUT2D eigenvalue weighted by Crippen LogP contribution is -2.60. The number of rotatable bonds is 5. The Morgan fingerprint density at radius 3 is 2.12 bits per heavy atom. The topological polar surface area (TPSA) is 154 Å². The number of likely N-dealkylation sites (N-methyl/N-ethyl adjacent to an activating group) is 1. The maximum Gasteiger partial charge on any atom is 0.308 e. The van der Waals surface area contributed by atoms with Crippen molar-refractivity contribution in [2.24, 2.45) is 17.8 Å². The van der Waals surface area contributed by atoms with Crippen LogP contribution >= 0.6 is 0 Å². The molecule has 2 saturated heterocycles. The molecule has 4 unspecified atom stereocenters. The van der Waals surface area contributed by atoms with Gasteiger partial charge in [-0.05, 0) is 43.9 Å². The second-order valence-electron chi connectivity index (χ2n) is 12.1. The van der Waals surface area contributed by atoms with E-state index in [1.165, 1.54) is 16.8 Å². The van der Waals surface area contributed by atoms with E-state index in [2.05, 4.69) is 16.0 Å². The third-order valence-electron chi connectivity index (χ3n) is 8.03. The predicted molar refractivity (Wildman–Crippen MR) is 152 cm³/mol. The van der Waals surface area contributed by atoms with E-state index in [0.29, 0.717) is 25.8 Å². The number of esters is 1. The van der Waals surface area contributed by atoms with Gasteiger partial charge in [-0.2, -0.15) is 0 Å². The first-order valence-corrected chi connectivity index (χ1v) is 14.8. The molecule has 2 heterocycles. The summed E-state index contributed by atoms with van der Waals surface area (Å²) in [5.41, 5.74) is 0. The van der Waals surface area contributed by atoms with Gasteiger partial charge in [0.2, 0.25) is 23.6 Å². The Morgan fingerprint density at radius 1 is 0.902 bits per heavy atom. The largest absolute Gasteiger partial charge is 0.452 e. The molecular formula is C29H49N5O7. The van der Waals surface area contributed by atoms with Crippen molar-refractivity contribution in [3.05, 3.63) is 0 Å². The number of amides is 5. The summed E-state index contributed by atoms with van der Waals surface area (Å²) in [5, 5.41) is 8.31. The molecule has 232 valence electrons. The molecule has 0 saturated carbocycles. The van der Waals surface area contributed by atoms with Gasteiger partial charge in [-0.1, -0.05) is 48.0 Å². The SMILES string of the molecule is CCC(C)C1NC(=O)[C@@H]2CCCN2C(=O)[C@@H](CC(C)C)OC(=O)CCNC(=O)C(C)N(C)C(=O)C(C(C)C)NC1=O. The molecule has 0 radical (unpaired) electrons. The zero-order valence-electron chi connectivity index (χ0n) is 25.8. The van der Waals surface area contributed by atoms with Gasteiger partial charge >= 0.3 is 5.97 Å². The Balaban J connectivity index is 2.48. The molecule has 2 fully saturated rings. The first-order chi connectivity index (χ1) is 19.2. The molecule has 2 aliphatic rings. The third kappa shape index (κ3) is 8.90. The molecule has 6 atom stereocenters. The first-order valence-electron chi connectivity index (χ1n) is 14.8. The van der Waals surface area contributed by atoms with Crippen LogP contribution in [0.15, 0.2) is 0 Å². The molecule has 0 aromatic rings. The zero-order valence-corrected chi connectivity index (χ0v) is 25.8. The Hall–Kier alpha value is -3.18. The summed E-state index contributed by atoms with van der Waals surface area (Å²) >= 11 is 0. The monoisotopic (exact) mass is 579 g/mol. The minimum absolute atomic E-state index is 0.0363. The highest BCUT2D eigenvalue weighted by Crippen LogP contribution is 2.23. The quantitative estimate of drug-likeness (QED) is 0.410. The van der Waals surface area contributed by atoms with E-state index in [9.17, 15) is 28.8 Å². The lowest BCUT2D eigenvalue weighted by atomic mass is 9.95. The number of ether oxygens (including phenoxy) is 1. The van der Waals surface area contributed by atoms with Gasteiger partial charge in [-0.25, -0.2) is 0 Å². The molecular weight excluding hydrogens is 530 g/mol. The van der Waals surface area contributed by atoms with E-state index in [0.717, 1.165) is 0 Å². The van der Waals surface area contributed by atoms with Crippen molar-refractivity contribution < 1.29 is 33.5 Å². The smallest absolute Gasteiger partial charge is 0.308 e. The molecule has 0 spiro atoms. The van der Waals surface area contributed by atoms with Gasteiger partial charge in [-0.15, -0.1) is 0 Å². The Morgan fingerprint density at radius 2 is 1.54 bits per heavy atom. The number of cyclic esters (lactones) is 1. The van der Waals surface area contributed by atoms with Crippen molar-refractivity contribution in [1.29, 1.82) is 0 Å². The maximum atomic E-state index is 13.6. The van der Waals surface area contributed by atoms with Crippen molar-refractivity contribution >= 4 is 35.5 Å². The second kappa shape index (κ2) is 15.2. The average molecular weight is 580 g/mol. The zero-order chi connectivity index (χ0) is 31.0. The minimum atomic E-state index is -1.07. The molecule has 12 nitrogen and oxygen atoms in total. The number of hydrogen-bond acceptors (Lipinski definition) is 7. The van der Waals surface area contributed by atoms with Gasteiger partial charge in [0.05, 0.1) is 6.42 Å². The van der Waals surface area contributed by atoms with Crippen LogP contribution in [-0.2, 0) is 33.5 Å². The van der Waals surface area contributed by atoms with Crippen LogP contribution in [-0.4, -0.2) is 95.7 Å². The maximum absolute atomic E-state index is 13.6. The van der Waals surface area contributed by atoms with E-state index in [1.807, 2.05) is 27.7 Å². The van der Waals surface area contributed by atoms with Crippen LogP contribution in [0.1, 0.15) is 80.6 Å². The highest BCUT2D eigenvalue weighted by Gasteiger charge is 2.41.